The highest BCUT2D eigenvalue weighted by atomic mass is 35.5. The van der Waals surface area contributed by atoms with Gasteiger partial charge in [0.25, 0.3) is 5.91 Å². The fourth-order valence-corrected chi connectivity index (χ4v) is 4.87. The first kappa shape index (κ1) is 23.4. The fourth-order valence-electron chi connectivity index (χ4n) is 4.81. The van der Waals surface area contributed by atoms with E-state index in [2.05, 4.69) is 40.1 Å². The molecule has 0 saturated heterocycles. The number of rotatable bonds is 7. The van der Waals surface area contributed by atoms with Crippen molar-refractivity contribution in [3.63, 3.8) is 0 Å². The van der Waals surface area contributed by atoms with Gasteiger partial charge in [-0.25, -0.2) is 9.97 Å². The molecule has 0 bridgehead atoms. The second kappa shape index (κ2) is 9.00. The third kappa shape index (κ3) is 4.05. The number of aromatic nitrogens is 4. The maximum absolute atomic E-state index is 14.0. The summed E-state index contributed by atoms with van der Waals surface area (Å²) in [6.07, 6.45) is 9.67. The quantitative estimate of drug-likeness (QED) is 0.422. The molecule has 3 aromatic rings. The Morgan fingerprint density at radius 3 is 2.74 bits per heavy atom. The molecule has 0 atom stereocenters. The lowest BCUT2D eigenvalue weighted by Crippen LogP contribution is -2.32. The van der Waals surface area contributed by atoms with Crippen molar-refractivity contribution < 1.29 is 9.32 Å². The van der Waals surface area contributed by atoms with Gasteiger partial charge in [-0.15, -0.1) is 0 Å². The first-order valence-corrected chi connectivity index (χ1v) is 12.3. The Bertz CT molecular complexity index is 1390. The summed E-state index contributed by atoms with van der Waals surface area (Å²) < 4.78 is 7.94. The standard InChI is InChI=1S/C26H29ClN6O2/c1-5-16(7-6-15(4)27)10-11-32-12-18-19(20-24(28)29-13-30-25(20)33(18)14(2)3)22-21(26(32)34)23(35-31-22)17-8-9-17/h5-7,13-14,17H,1,8-12H2,2-4H3,(H2,28,29,30)/b15-6+,16-7+. The van der Waals surface area contributed by atoms with E-state index in [1.54, 1.807) is 6.08 Å². The maximum Gasteiger partial charge on any atom is 0.260 e. The van der Waals surface area contributed by atoms with Crippen LogP contribution in [0.2, 0.25) is 0 Å². The van der Waals surface area contributed by atoms with Crippen molar-refractivity contribution in [3.05, 3.63) is 58.8 Å². The summed E-state index contributed by atoms with van der Waals surface area (Å²) in [7, 11) is 0. The fraction of sp³-hybridized carbons (Fsp3) is 0.385. The number of nitrogen functional groups attached to an aromatic ring is 1. The van der Waals surface area contributed by atoms with E-state index < -0.39 is 0 Å². The van der Waals surface area contributed by atoms with Crippen molar-refractivity contribution >= 4 is 34.4 Å². The number of hydrogen-bond donors (Lipinski definition) is 1. The van der Waals surface area contributed by atoms with Crippen LogP contribution < -0.4 is 5.73 Å². The third-order valence-electron chi connectivity index (χ3n) is 6.64. The summed E-state index contributed by atoms with van der Waals surface area (Å²) in [6.45, 7) is 10.8. The normalized spacial score (nSPS) is 16.6. The van der Waals surface area contributed by atoms with Gasteiger partial charge in [0.05, 0.1) is 11.9 Å². The number of hydrogen-bond acceptors (Lipinski definition) is 6. The zero-order chi connectivity index (χ0) is 24.9. The minimum Gasteiger partial charge on any atom is -0.383 e. The lowest BCUT2D eigenvalue weighted by atomic mass is 10.0. The maximum atomic E-state index is 14.0. The lowest BCUT2D eigenvalue weighted by Gasteiger charge is -2.23. The van der Waals surface area contributed by atoms with Gasteiger partial charge in [-0.1, -0.05) is 35.5 Å². The van der Waals surface area contributed by atoms with Crippen molar-refractivity contribution in [1.29, 1.82) is 0 Å². The molecule has 1 aliphatic carbocycles. The topological polar surface area (TPSA) is 103 Å². The van der Waals surface area contributed by atoms with Crippen LogP contribution in [0.25, 0.3) is 22.3 Å². The van der Waals surface area contributed by atoms with Crippen molar-refractivity contribution in [2.45, 2.75) is 58.5 Å². The molecule has 1 fully saturated rings. The SMILES string of the molecule is C=C/C(=C\C=C(/C)Cl)CCN1Cc2c(c3c(N)ncnc3n2C(C)C)-c2noc(C3CC3)c2C1=O. The molecule has 1 aliphatic heterocycles. The minimum atomic E-state index is -0.0781. The molecule has 2 N–H and O–H groups in total. The highest BCUT2D eigenvalue weighted by Gasteiger charge is 2.41. The molecule has 8 nitrogen and oxygen atoms in total. The molecule has 2 aliphatic rings. The van der Waals surface area contributed by atoms with E-state index in [9.17, 15) is 4.79 Å². The van der Waals surface area contributed by atoms with E-state index >= 15 is 0 Å². The molecule has 0 unspecified atom stereocenters. The number of nitrogens with zero attached hydrogens (tertiary/aromatic N) is 5. The number of amides is 1. The van der Waals surface area contributed by atoms with Gasteiger partial charge in [0.1, 0.15) is 29.0 Å². The number of carbonyl (C=O) groups excluding carboxylic acids is 1. The number of anilines is 1. The van der Waals surface area contributed by atoms with Gasteiger partial charge in [0, 0.05) is 34.8 Å². The van der Waals surface area contributed by atoms with Gasteiger partial charge in [0.2, 0.25) is 0 Å². The van der Waals surface area contributed by atoms with Gasteiger partial charge in [0.15, 0.2) is 5.76 Å². The number of halogens is 1. The lowest BCUT2D eigenvalue weighted by molar-refractivity contribution is 0.0742. The summed E-state index contributed by atoms with van der Waals surface area (Å²) in [5.74, 6) is 1.19. The molecule has 3 aromatic heterocycles. The summed E-state index contributed by atoms with van der Waals surface area (Å²) >= 11 is 6.00. The second-order valence-electron chi connectivity index (χ2n) is 9.46. The van der Waals surface area contributed by atoms with Crippen LogP contribution in [0.3, 0.4) is 0 Å². The zero-order valence-corrected chi connectivity index (χ0v) is 21.0. The molecule has 4 heterocycles. The molecule has 0 aromatic carbocycles. The third-order valence-corrected chi connectivity index (χ3v) is 6.76. The molecular weight excluding hydrogens is 464 g/mol. The Hall–Kier alpha value is -3.39. The predicted molar refractivity (Wildman–Crippen MR) is 137 cm³/mol. The van der Waals surface area contributed by atoms with E-state index in [0.29, 0.717) is 47.4 Å². The van der Waals surface area contributed by atoms with Crippen molar-refractivity contribution in [2.75, 3.05) is 12.3 Å². The average Bonchev–Trinajstić information content (AvgIpc) is 3.50. The summed E-state index contributed by atoms with van der Waals surface area (Å²) in [5.41, 5.74) is 10.9. The van der Waals surface area contributed by atoms with Crippen LogP contribution in [0, 0.1) is 0 Å². The molecule has 9 heteroatoms. The Kier molecular flexibility index (Phi) is 6.01. The zero-order valence-electron chi connectivity index (χ0n) is 20.2. The average molecular weight is 493 g/mol. The predicted octanol–water partition coefficient (Wildman–Crippen LogP) is 5.73. The van der Waals surface area contributed by atoms with Crippen LogP contribution in [0.1, 0.15) is 73.8 Å². The highest BCUT2D eigenvalue weighted by molar-refractivity contribution is 6.29. The molecule has 0 spiro atoms. The summed E-state index contributed by atoms with van der Waals surface area (Å²) in [6, 6.07) is 0.0873. The van der Waals surface area contributed by atoms with Crippen LogP contribution in [-0.2, 0) is 6.54 Å². The Labute approximate surface area is 209 Å². The highest BCUT2D eigenvalue weighted by Crippen LogP contribution is 2.48. The van der Waals surface area contributed by atoms with Crippen LogP contribution >= 0.6 is 11.6 Å². The van der Waals surface area contributed by atoms with E-state index in [4.69, 9.17) is 21.9 Å². The Morgan fingerprint density at radius 2 is 2.09 bits per heavy atom. The largest absolute Gasteiger partial charge is 0.383 e. The molecule has 0 radical (unpaired) electrons. The second-order valence-corrected chi connectivity index (χ2v) is 10.1. The van der Waals surface area contributed by atoms with Crippen LogP contribution in [0.4, 0.5) is 5.82 Å². The van der Waals surface area contributed by atoms with Gasteiger partial charge >= 0.3 is 0 Å². The van der Waals surface area contributed by atoms with E-state index in [1.165, 1.54) is 6.33 Å². The molecule has 182 valence electrons. The van der Waals surface area contributed by atoms with Crippen LogP contribution in [-0.4, -0.2) is 37.0 Å². The Morgan fingerprint density at radius 1 is 1.31 bits per heavy atom. The Balaban J connectivity index is 1.68. The van der Waals surface area contributed by atoms with Crippen LogP contribution in [0.5, 0.6) is 0 Å². The first-order valence-electron chi connectivity index (χ1n) is 11.9. The minimum absolute atomic E-state index is 0.0781. The van der Waals surface area contributed by atoms with E-state index in [1.807, 2.05) is 24.0 Å². The van der Waals surface area contributed by atoms with Gasteiger partial charge in [-0.3, -0.25) is 4.79 Å². The van der Waals surface area contributed by atoms with Crippen molar-refractivity contribution in [2.24, 2.45) is 0 Å². The van der Waals surface area contributed by atoms with Gasteiger partial charge in [-0.05, 0) is 51.7 Å². The molecule has 1 saturated carbocycles. The van der Waals surface area contributed by atoms with Crippen LogP contribution in [0.15, 0.2) is 46.3 Å². The smallest absolute Gasteiger partial charge is 0.260 e. The molecule has 1 amide bonds. The first-order chi connectivity index (χ1) is 16.8. The summed E-state index contributed by atoms with van der Waals surface area (Å²) in [5, 5.41) is 5.83. The van der Waals surface area contributed by atoms with Crippen molar-refractivity contribution in [1.82, 2.24) is 24.6 Å². The van der Waals surface area contributed by atoms with Crippen molar-refractivity contribution in [3.8, 4) is 11.3 Å². The molecule has 5 rings (SSSR count). The molecule has 35 heavy (non-hydrogen) atoms. The van der Waals surface area contributed by atoms with Gasteiger partial charge in [-0.2, -0.15) is 0 Å². The van der Waals surface area contributed by atoms with E-state index in [-0.39, 0.29) is 17.9 Å². The van der Waals surface area contributed by atoms with Gasteiger partial charge < -0.3 is 19.7 Å². The molecular formula is C26H29ClN6O2. The van der Waals surface area contributed by atoms with E-state index in [0.717, 1.165) is 40.7 Å². The summed E-state index contributed by atoms with van der Waals surface area (Å²) in [4.78, 5) is 24.6. The number of allylic oxidation sites excluding steroid dienone is 4. The number of nitrogens with two attached hydrogens (primary N) is 1. The number of carbonyl (C=O) groups is 1. The monoisotopic (exact) mass is 492 g/mol. The number of fused-ring (bicyclic) bond motifs is 5.